The third-order valence-corrected chi connectivity index (χ3v) is 7.82. The minimum absolute atomic E-state index is 0.0818. The zero-order chi connectivity index (χ0) is 26.6. The molecule has 198 valence electrons. The van der Waals surface area contributed by atoms with Gasteiger partial charge >= 0.3 is 0 Å². The second-order valence-corrected chi connectivity index (χ2v) is 10.3. The van der Waals surface area contributed by atoms with Crippen LogP contribution in [0.1, 0.15) is 24.0 Å². The number of benzene rings is 1. The summed E-state index contributed by atoms with van der Waals surface area (Å²) in [5, 5.41) is 20.4. The number of rotatable bonds is 6. The van der Waals surface area contributed by atoms with Gasteiger partial charge in [-0.3, -0.25) is 4.68 Å². The zero-order valence-corrected chi connectivity index (χ0v) is 21.5. The number of piperazine rings is 1. The van der Waals surface area contributed by atoms with Gasteiger partial charge in [-0.05, 0) is 42.5 Å². The van der Waals surface area contributed by atoms with Crippen molar-refractivity contribution in [3.8, 4) is 11.1 Å². The molecule has 0 spiro atoms. The molecule has 10 nitrogen and oxygen atoms in total. The molecule has 1 unspecified atom stereocenters. The summed E-state index contributed by atoms with van der Waals surface area (Å²) in [5.41, 5.74) is 3.13. The van der Waals surface area contributed by atoms with Gasteiger partial charge in [-0.15, -0.1) is 0 Å². The summed E-state index contributed by atoms with van der Waals surface area (Å²) < 4.78 is 17.2. The highest BCUT2D eigenvalue weighted by atomic mass is 19.1. The Morgan fingerprint density at radius 1 is 0.846 bits per heavy atom. The molecule has 1 aliphatic carbocycles. The Balaban J connectivity index is 1.08. The second-order valence-electron chi connectivity index (χ2n) is 10.3. The molecule has 5 aromatic rings. The Kier molecular flexibility index (Phi) is 5.55. The average molecular weight is 526 g/mol. The van der Waals surface area contributed by atoms with E-state index in [1.165, 1.54) is 12.1 Å². The molecule has 1 aromatic carbocycles. The first-order valence-corrected chi connectivity index (χ1v) is 13.1. The molecule has 1 N–H and O–H groups in total. The quantitative estimate of drug-likeness (QED) is 0.361. The molecule has 1 saturated heterocycles. The van der Waals surface area contributed by atoms with Crippen LogP contribution < -0.4 is 9.80 Å². The highest BCUT2D eigenvalue weighted by molar-refractivity contribution is 5.77. The van der Waals surface area contributed by atoms with E-state index in [4.69, 9.17) is 0 Å². The molecule has 39 heavy (non-hydrogen) atoms. The van der Waals surface area contributed by atoms with Gasteiger partial charge in [0.05, 0.1) is 6.20 Å². The summed E-state index contributed by atoms with van der Waals surface area (Å²) >= 11 is 0. The first kappa shape index (κ1) is 23.7. The van der Waals surface area contributed by atoms with Crippen molar-refractivity contribution in [2.24, 2.45) is 13.0 Å². The standard InChI is InChI=1S/C28H28FN9O/c1-35-16-20(13-33-35)19-12-25-26(32-18-34-38(25)17-19)36-8-10-37(11-9-36)27-30-14-23(15-31-27)28(39,21-2-3-21)22-4-6-24(29)7-5-22/h4-7,12-18,21,39H,2-3,8-11H2,1H3. The highest BCUT2D eigenvalue weighted by Gasteiger charge is 2.47. The van der Waals surface area contributed by atoms with Crippen molar-refractivity contribution in [3.63, 3.8) is 0 Å². The van der Waals surface area contributed by atoms with Gasteiger partial charge in [0.25, 0.3) is 0 Å². The number of hydrogen-bond donors (Lipinski definition) is 1. The molecule has 1 aliphatic heterocycles. The number of aryl methyl sites for hydroxylation is 1. The third-order valence-electron chi connectivity index (χ3n) is 7.82. The van der Waals surface area contributed by atoms with Gasteiger partial charge < -0.3 is 14.9 Å². The lowest BCUT2D eigenvalue weighted by Gasteiger charge is -2.35. The molecule has 1 saturated carbocycles. The van der Waals surface area contributed by atoms with E-state index in [1.807, 2.05) is 30.2 Å². The number of halogens is 1. The second kappa shape index (κ2) is 9.12. The maximum atomic E-state index is 13.5. The molecule has 0 bridgehead atoms. The van der Waals surface area contributed by atoms with Gasteiger partial charge in [0.2, 0.25) is 5.95 Å². The summed E-state index contributed by atoms with van der Waals surface area (Å²) in [6, 6.07) is 8.17. The summed E-state index contributed by atoms with van der Waals surface area (Å²) in [5.74, 6) is 1.28. The van der Waals surface area contributed by atoms with Crippen molar-refractivity contribution in [1.82, 2.24) is 34.3 Å². The highest BCUT2D eigenvalue weighted by Crippen LogP contribution is 2.49. The molecular formula is C28H28FN9O. The maximum absolute atomic E-state index is 13.5. The molecule has 11 heteroatoms. The number of anilines is 2. The summed E-state index contributed by atoms with van der Waals surface area (Å²) in [4.78, 5) is 18.3. The molecule has 2 aliphatic rings. The molecule has 7 rings (SSSR count). The van der Waals surface area contributed by atoms with Crippen LogP contribution in [0.3, 0.4) is 0 Å². The van der Waals surface area contributed by atoms with Crippen LogP contribution in [-0.4, -0.2) is 65.6 Å². The smallest absolute Gasteiger partial charge is 0.225 e. The molecular weight excluding hydrogens is 497 g/mol. The largest absolute Gasteiger partial charge is 0.380 e. The van der Waals surface area contributed by atoms with E-state index in [1.54, 1.807) is 35.5 Å². The summed E-state index contributed by atoms with van der Waals surface area (Å²) in [6.45, 7) is 2.98. The van der Waals surface area contributed by atoms with Crippen molar-refractivity contribution in [2.45, 2.75) is 18.4 Å². The number of nitrogens with zero attached hydrogens (tertiary/aromatic N) is 9. The SMILES string of the molecule is Cn1cc(-c2cc3c(N4CCN(c5ncc(C(O)(c6ccc(F)cc6)C6CC6)cn5)CC4)ncnn3c2)cn1. The number of aliphatic hydroxyl groups is 1. The first-order chi connectivity index (χ1) is 19.0. The third kappa shape index (κ3) is 4.19. The molecule has 2 fully saturated rings. The zero-order valence-electron chi connectivity index (χ0n) is 21.5. The van der Waals surface area contributed by atoms with Gasteiger partial charge in [0, 0.05) is 74.7 Å². The fourth-order valence-corrected chi connectivity index (χ4v) is 5.53. The fourth-order valence-electron chi connectivity index (χ4n) is 5.53. The predicted molar refractivity (Wildman–Crippen MR) is 144 cm³/mol. The van der Waals surface area contributed by atoms with Gasteiger partial charge in [-0.2, -0.15) is 10.2 Å². The van der Waals surface area contributed by atoms with Crippen LogP contribution in [0.4, 0.5) is 16.2 Å². The van der Waals surface area contributed by atoms with Crippen molar-refractivity contribution < 1.29 is 9.50 Å². The van der Waals surface area contributed by atoms with Crippen molar-refractivity contribution >= 4 is 17.3 Å². The molecule has 1 atom stereocenters. The van der Waals surface area contributed by atoms with Crippen LogP contribution in [-0.2, 0) is 12.6 Å². The van der Waals surface area contributed by atoms with Crippen molar-refractivity contribution in [3.05, 3.63) is 84.6 Å². The Bertz CT molecular complexity index is 1620. The maximum Gasteiger partial charge on any atom is 0.225 e. The lowest BCUT2D eigenvalue weighted by molar-refractivity contribution is 0.0556. The normalized spacial score (nSPS) is 17.5. The Labute approximate surface area is 224 Å². The Hall–Kier alpha value is -4.38. The van der Waals surface area contributed by atoms with Crippen LogP contribution in [0.15, 0.2) is 67.6 Å². The molecule has 0 radical (unpaired) electrons. The van der Waals surface area contributed by atoms with Crippen LogP contribution in [0.25, 0.3) is 16.6 Å². The lowest BCUT2D eigenvalue weighted by Crippen LogP contribution is -2.47. The lowest BCUT2D eigenvalue weighted by atomic mass is 9.83. The van der Waals surface area contributed by atoms with Crippen LogP contribution >= 0.6 is 0 Å². The number of hydrogen-bond acceptors (Lipinski definition) is 8. The van der Waals surface area contributed by atoms with Crippen LogP contribution in [0.5, 0.6) is 0 Å². The molecule has 0 amide bonds. The van der Waals surface area contributed by atoms with E-state index in [0.29, 0.717) is 17.1 Å². The van der Waals surface area contributed by atoms with Gasteiger partial charge in [-0.25, -0.2) is 23.9 Å². The number of fused-ring (bicyclic) bond motifs is 1. The van der Waals surface area contributed by atoms with Gasteiger partial charge in [-0.1, -0.05) is 12.1 Å². The topological polar surface area (TPSA) is 100 Å². The van der Waals surface area contributed by atoms with E-state index in [-0.39, 0.29) is 11.7 Å². The van der Waals surface area contributed by atoms with Gasteiger partial charge in [0.1, 0.15) is 23.3 Å². The van der Waals surface area contributed by atoms with E-state index in [2.05, 4.69) is 41.0 Å². The van der Waals surface area contributed by atoms with Crippen LogP contribution in [0, 0.1) is 11.7 Å². The number of aromatic nitrogens is 7. The minimum Gasteiger partial charge on any atom is -0.380 e. The Morgan fingerprint density at radius 3 is 2.23 bits per heavy atom. The summed E-state index contributed by atoms with van der Waals surface area (Å²) in [7, 11) is 1.90. The predicted octanol–water partition coefficient (Wildman–Crippen LogP) is 3.03. The molecule has 4 aromatic heterocycles. The van der Waals surface area contributed by atoms with Crippen molar-refractivity contribution in [2.75, 3.05) is 36.0 Å². The van der Waals surface area contributed by atoms with E-state index >= 15 is 0 Å². The average Bonchev–Trinajstić information content (AvgIpc) is 3.60. The minimum atomic E-state index is -1.21. The van der Waals surface area contributed by atoms with Crippen LogP contribution in [0.2, 0.25) is 0 Å². The monoisotopic (exact) mass is 525 g/mol. The summed E-state index contributed by atoms with van der Waals surface area (Å²) in [6.07, 6.45) is 12.7. The van der Waals surface area contributed by atoms with E-state index in [9.17, 15) is 9.50 Å². The van der Waals surface area contributed by atoms with E-state index in [0.717, 1.165) is 61.5 Å². The molecule has 5 heterocycles. The van der Waals surface area contributed by atoms with Crippen molar-refractivity contribution in [1.29, 1.82) is 0 Å². The van der Waals surface area contributed by atoms with E-state index < -0.39 is 5.60 Å². The fraction of sp³-hybridized carbons (Fsp3) is 0.321. The Morgan fingerprint density at radius 2 is 1.56 bits per heavy atom. The first-order valence-electron chi connectivity index (χ1n) is 13.1. The van der Waals surface area contributed by atoms with Gasteiger partial charge in [0.15, 0.2) is 5.82 Å².